The zero-order valence-corrected chi connectivity index (χ0v) is 22.0. The Morgan fingerprint density at radius 1 is 0.703 bits per heavy atom. The van der Waals surface area contributed by atoms with Gasteiger partial charge in [-0.1, -0.05) is 103 Å². The fraction of sp³-hybridized carbons (Fsp3) is 0.182. The van der Waals surface area contributed by atoms with Crippen molar-refractivity contribution in [3.8, 4) is 5.75 Å². The molecular formula is C33H32N2OS. The molecule has 0 N–H and O–H groups in total. The average Bonchev–Trinajstić information content (AvgIpc) is 3.37. The number of hydrogen-bond donors (Lipinski definition) is 0. The van der Waals surface area contributed by atoms with Crippen LogP contribution in [0.15, 0.2) is 121 Å². The van der Waals surface area contributed by atoms with E-state index in [-0.39, 0.29) is 5.92 Å². The van der Waals surface area contributed by atoms with Crippen molar-refractivity contribution in [2.45, 2.75) is 32.5 Å². The Labute approximate surface area is 224 Å². The molecule has 1 heterocycles. The van der Waals surface area contributed by atoms with Crippen LogP contribution < -0.4 is 4.74 Å². The molecule has 0 amide bonds. The normalized spacial score (nSPS) is 11.2. The van der Waals surface area contributed by atoms with Crippen LogP contribution in [-0.4, -0.2) is 16.4 Å². The third kappa shape index (κ3) is 7.16. The predicted molar refractivity (Wildman–Crippen MR) is 153 cm³/mol. The van der Waals surface area contributed by atoms with E-state index in [9.17, 15) is 0 Å². The summed E-state index contributed by atoms with van der Waals surface area (Å²) >= 11 is 1.74. The Kier molecular flexibility index (Phi) is 8.42. The average molecular weight is 505 g/mol. The van der Waals surface area contributed by atoms with Crippen molar-refractivity contribution in [1.29, 1.82) is 0 Å². The maximum absolute atomic E-state index is 6.01. The highest BCUT2D eigenvalue weighted by molar-refractivity contribution is 7.09. The van der Waals surface area contributed by atoms with Crippen LogP contribution in [0.4, 0.5) is 0 Å². The summed E-state index contributed by atoms with van der Waals surface area (Å²) in [6.45, 7) is 5.20. The number of ether oxygens (including phenoxy) is 1. The number of thiazole rings is 1. The fourth-order valence-electron chi connectivity index (χ4n) is 4.57. The van der Waals surface area contributed by atoms with E-state index in [1.807, 2.05) is 18.2 Å². The van der Waals surface area contributed by atoms with Crippen molar-refractivity contribution < 1.29 is 4.74 Å². The molecule has 3 nitrogen and oxygen atoms in total. The summed E-state index contributed by atoms with van der Waals surface area (Å²) in [5.41, 5.74) is 6.18. The highest BCUT2D eigenvalue weighted by atomic mass is 32.1. The summed E-state index contributed by atoms with van der Waals surface area (Å²) in [5.74, 6) is 1.16. The molecule has 0 radical (unpaired) electrons. The van der Waals surface area contributed by atoms with Crippen LogP contribution in [0.5, 0.6) is 5.75 Å². The van der Waals surface area contributed by atoms with Gasteiger partial charge < -0.3 is 4.74 Å². The van der Waals surface area contributed by atoms with Gasteiger partial charge in [0.1, 0.15) is 17.4 Å². The van der Waals surface area contributed by atoms with Gasteiger partial charge in [0.2, 0.25) is 0 Å². The molecule has 0 saturated heterocycles. The van der Waals surface area contributed by atoms with Gasteiger partial charge in [-0.25, -0.2) is 4.98 Å². The molecule has 0 aliphatic heterocycles. The van der Waals surface area contributed by atoms with Gasteiger partial charge in [-0.3, -0.25) is 4.90 Å². The number of nitrogens with zero attached hydrogens (tertiary/aromatic N) is 2. The first-order valence-corrected chi connectivity index (χ1v) is 13.6. The molecule has 0 unspecified atom stereocenters. The molecule has 5 aromatic rings. The minimum Gasteiger partial charge on any atom is -0.489 e. The molecule has 0 atom stereocenters. The number of benzene rings is 4. The molecule has 37 heavy (non-hydrogen) atoms. The van der Waals surface area contributed by atoms with Crippen LogP contribution in [0, 0.1) is 6.92 Å². The lowest BCUT2D eigenvalue weighted by Crippen LogP contribution is -2.28. The van der Waals surface area contributed by atoms with Crippen molar-refractivity contribution in [2.75, 3.05) is 6.54 Å². The number of rotatable bonds is 11. The molecule has 0 spiro atoms. The topological polar surface area (TPSA) is 25.4 Å². The molecule has 5 rings (SSSR count). The van der Waals surface area contributed by atoms with Gasteiger partial charge in [0.25, 0.3) is 0 Å². The Balaban J connectivity index is 1.34. The van der Waals surface area contributed by atoms with E-state index in [4.69, 9.17) is 9.72 Å². The zero-order chi connectivity index (χ0) is 25.3. The van der Waals surface area contributed by atoms with E-state index in [0.717, 1.165) is 36.1 Å². The maximum atomic E-state index is 6.01. The van der Waals surface area contributed by atoms with E-state index in [1.165, 1.54) is 22.3 Å². The van der Waals surface area contributed by atoms with Crippen molar-refractivity contribution in [3.63, 3.8) is 0 Å². The molecule has 0 fully saturated rings. The summed E-state index contributed by atoms with van der Waals surface area (Å²) in [7, 11) is 0. The first kappa shape index (κ1) is 24.9. The van der Waals surface area contributed by atoms with Crippen LogP contribution in [0.25, 0.3) is 0 Å². The van der Waals surface area contributed by atoms with Gasteiger partial charge >= 0.3 is 0 Å². The maximum Gasteiger partial charge on any atom is 0.119 e. The number of aryl methyl sites for hydroxylation is 1. The Morgan fingerprint density at radius 3 is 1.86 bits per heavy atom. The Bertz CT molecular complexity index is 1310. The lowest BCUT2D eigenvalue weighted by molar-refractivity contribution is 0.248. The molecule has 4 heteroatoms. The van der Waals surface area contributed by atoms with Crippen LogP contribution in [0.3, 0.4) is 0 Å². The lowest BCUT2D eigenvalue weighted by atomic mass is 9.90. The highest BCUT2D eigenvalue weighted by Gasteiger charge is 2.20. The van der Waals surface area contributed by atoms with E-state index >= 15 is 0 Å². The summed E-state index contributed by atoms with van der Waals surface area (Å²) in [5, 5.41) is 3.29. The van der Waals surface area contributed by atoms with Crippen molar-refractivity contribution in [1.82, 2.24) is 9.88 Å². The van der Waals surface area contributed by atoms with E-state index in [2.05, 4.69) is 114 Å². The highest BCUT2D eigenvalue weighted by Crippen LogP contribution is 2.28. The zero-order valence-electron chi connectivity index (χ0n) is 21.2. The van der Waals surface area contributed by atoms with Gasteiger partial charge in [0.15, 0.2) is 0 Å². The van der Waals surface area contributed by atoms with Crippen LogP contribution in [0.1, 0.15) is 38.9 Å². The monoisotopic (exact) mass is 504 g/mol. The van der Waals surface area contributed by atoms with Gasteiger partial charge in [-0.05, 0) is 41.3 Å². The molecular weight excluding hydrogens is 472 g/mol. The summed E-state index contributed by atoms with van der Waals surface area (Å²) < 4.78 is 6.01. The SMILES string of the molecule is Cc1csc(CN(Cc2ccc(OCc3ccccc3)cc2)CC(c2ccccc2)c2ccccc2)n1. The third-order valence-corrected chi connectivity index (χ3v) is 7.40. The molecule has 4 aromatic carbocycles. The second kappa shape index (κ2) is 12.5. The number of hydrogen-bond acceptors (Lipinski definition) is 4. The summed E-state index contributed by atoms with van der Waals surface area (Å²) in [6, 6.07) is 40.5. The molecule has 186 valence electrons. The Morgan fingerprint density at radius 2 is 1.30 bits per heavy atom. The van der Waals surface area contributed by atoms with Gasteiger partial charge in [0.05, 0.1) is 6.54 Å². The Hall–Kier alpha value is -3.73. The summed E-state index contributed by atoms with van der Waals surface area (Å²) in [6.07, 6.45) is 0. The molecule has 0 saturated carbocycles. The standard InChI is InChI=1S/C33H32N2OS/c1-26-25-37-33(34-26)23-35(22-32(29-13-7-3-8-14-29)30-15-9-4-10-16-30)21-27-17-19-31(20-18-27)36-24-28-11-5-2-6-12-28/h2-20,25,32H,21-24H2,1H3. The molecule has 0 aliphatic rings. The van der Waals surface area contributed by atoms with Gasteiger partial charge in [-0.15, -0.1) is 11.3 Å². The minimum atomic E-state index is 0.275. The predicted octanol–water partition coefficient (Wildman–Crippen LogP) is 7.86. The lowest BCUT2D eigenvalue weighted by Gasteiger charge is -2.28. The molecule has 0 aliphatic carbocycles. The fourth-order valence-corrected chi connectivity index (χ4v) is 5.39. The van der Waals surface area contributed by atoms with Crippen molar-refractivity contribution in [2.24, 2.45) is 0 Å². The van der Waals surface area contributed by atoms with Crippen molar-refractivity contribution in [3.05, 3.63) is 154 Å². The second-order valence-electron chi connectivity index (χ2n) is 9.34. The molecule has 1 aromatic heterocycles. The van der Waals surface area contributed by atoms with Gasteiger partial charge in [-0.2, -0.15) is 0 Å². The largest absolute Gasteiger partial charge is 0.489 e. The first-order valence-electron chi connectivity index (χ1n) is 12.7. The number of aromatic nitrogens is 1. The van der Waals surface area contributed by atoms with Gasteiger partial charge in [0, 0.05) is 30.1 Å². The van der Waals surface area contributed by atoms with Crippen molar-refractivity contribution >= 4 is 11.3 Å². The minimum absolute atomic E-state index is 0.275. The van der Waals surface area contributed by atoms with Crippen LogP contribution in [0.2, 0.25) is 0 Å². The van der Waals surface area contributed by atoms with E-state index < -0.39 is 0 Å². The third-order valence-electron chi connectivity index (χ3n) is 6.45. The second-order valence-corrected chi connectivity index (χ2v) is 10.3. The van der Waals surface area contributed by atoms with Crippen LogP contribution >= 0.6 is 11.3 Å². The molecule has 0 bridgehead atoms. The van der Waals surface area contributed by atoms with Crippen LogP contribution in [-0.2, 0) is 19.7 Å². The quantitative estimate of drug-likeness (QED) is 0.183. The first-order chi connectivity index (χ1) is 18.2. The smallest absolute Gasteiger partial charge is 0.119 e. The van der Waals surface area contributed by atoms with E-state index in [0.29, 0.717) is 6.61 Å². The van der Waals surface area contributed by atoms with E-state index in [1.54, 1.807) is 11.3 Å². The summed E-state index contributed by atoms with van der Waals surface area (Å²) in [4.78, 5) is 7.29.